The molecule has 0 radical (unpaired) electrons. The first kappa shape index (κ1) is 32.5. The van der Waals surface area contributed by atoms with Crippen molar-refractivity contribution in [3.8, 4) is 0 Å². The molecular weight excluding hydrogens is 558 g/mol. The number of alkyl halides is 6. The first-order chi connectivity index (χ1) is 18.2. The van der Waals surface area contributed by atoms with Crippen LogP contribution in [0, 0.1) is 5.92 Å². The number of carbonyl (C=O) groups is 2. The first-order valence-corrected chi connectivity index (χ1v) is 12.6. The van der Waals surface area contributed by atoms with E-state index in [-0.39, 0.29) is 5.60 Å². The third-order valence-corrected chi connectivity index (χ3v) is 6.79. The van der Waals surface area contributed by atoms with Crippen LogP contribution >= 0.6 is 11.3 Å². The van der Waals surface area contributed by atoms with Crippen molar-refractivity contribution in [2.24, 2.45) is 5.92 Å². The standard InChI is InChI=1S/C20H26N2O2S.2C2HF3O2/c1-2-9-21-18(6-1)15-23-14-17-5-3-8-20(17)16-22(10-11-24-20)13-19-7-4-12-25-19;2*3-2(4,5)1(6)7/h1-2,4,6-7,9,12,17H,3,5,8,10-11,13-16H2;2*(H,6,7)/t17-,20-;;/m0../s1. The van der Waals surface area contributed by atoms with Crippen LogP contribution in [0.2, 0.25) is 0 Å². The summed E-state index contributed by atoms with van der Waals surface area (Å²) in [7, 11) is 0. The molecule has 2 aromatic rings. The lowest BCUT2D eigenvalue weighted by atomic mass is 9.89. The quantitative estimate of drug-likeness (QED) is 0.456. The number of hydrogen-bond donors (Lipinski definition) is 2. The third-order valence-electron chi connectivity index (χ3n) is 5.92. The van der Waals surface area contributed by atoms with Crippen molar-refractivity contribution in [2.75, 3.05) is 26.3 Å². The van der Waals surface area contributed by atoms with Gasteiger partial charge in [0.15, 0.2) is 0 Å². The molecule has 2 N–H and O–H groups in total. The van der Waals surface area contributed by atoms with Crippen LogP contribution in [0.1, 0.15) is 29.8 Å². The zero-order chi connectivity index (χ0) is 29.1. The third kappa shape index (κ3) is 11.1. The van der Waals surface area contributed by atoms with Crippen molar-refractivity contribution >= 4 is 23.3 Å². The van der Waals surface area contributed by atoms with Gasteiger partial charge in [-0.2, -0.15) is 26.3 Å². The van der Waals surface area contributed by atoms with Gasteiger partial charge >= 0.3 is 24.3 Å². The molecule has 1 saturated carbocycles. The van der Waals surface area contributed by atoms with Crippen LogP contribution in [-0.4, -0.2) is 76.3 Å². The Hall–Kier alpha value is -2.75. The molecule has 39 heavy (non-hydrogen) atoms. The molecule has 15 heteroatoms. The molecule has 0 aromatic carbocycles. The second kappa shape index (κ2) is 14.6. The van der Waals surface area contributed by atoms with E-state index in [1.54, 1.807) is 0 Å². The van der Waals surface area contributed by atoms with E-state index in [1.807, 2.05) is 35.7 Å². The van der Waals surface area contributed by atoms with Crippen LogP contribution < -0.4 is 0 Å². The van der Waals surface area contributed by atoms with E-state index in [0.717, 1.165) is 45.0 Å². The number of aromatic nitrogens is 1. The molecule has 0 amide bonds. The van der Waals surface area contributed by atoms with E-state index in [0.29, 0.717) is 12.5 Å². The van der Waals surface area contributed by atoms with Gasteiger partial charge in [-0.1, -0.05) is 18.6 Å². The lowest BCUT2D eigenvalue weighted by Gasteiger charge is -2.44. The average Bonchev–Trinajstić information content (AvgIpc) is 3.50. The van der Waals surface area contributed by atoms with Gasteiger partial charge in [-0.25, -0.2) is 9.59 Å². The number of aliphatic carboxylic acids is 2. The second-order valence-electron chi connectivity index (χ2n) is 8.73. The number of hydrogen-bond acceptors (Lipinski definition) is 7. The summed E-state index contributed by atoms with van der Waals surface area (Å²) in [4.78, 5) is 26.1. The first-order valence-electron chi connectivity index (χ1n) is 11.7. The largest absolute Gasteiger partial charge is 0.490 e. The molecule has 218 valence electrons. The van der Waals surface area contributed by atoms with Crippen molar-refractivity contribution in [2.45, 2.75) is 50.4 Å². The van der Waals surface area contributed by atoms with Gasteiger partial charge in [-0.3, -0.25) is 9.88 Å². The molecule has 1 aliphatic heterocycles. The SMILES string of the molecule is O=C(O)C(F)(F)F.O=C(O)C(F)(F)F.c1ccc(COC[C@@H]2CCC[C@]23CN(Cc2cccs2)CCO3)nc1. The van der Waals surface area contributed by atoms with Crippen molar-refractivity contribution < 1.29 is 55.6 Å². The van der Waals surface area contributed by atoms with Gasteiger partial charge in [-0.15, -0.1) is 11.3 Å². The number of halogens is 6. The van der Waals surface area contributed by atoms with Crippen molar-refractivity contribution in [3.63, 3.8) is 0 Å². The van der Waals surface area contributed by atoms with Crippen LogP contribution in [0.3, 0.4) is 0 Å². The summed E-state index contributed by atoms with van der Waals surface area (Å²) in [5.74, 6) is -5.03. The zero-order valence-electron chi connectivity index (χ0n) is 20.6. The maximum atomic E-state index is 10.6. The van der Waals surface area contributed by atoms with Gasteiger partial charge in [-0.05, 0) is 36.4 Å². The van der Waals surface area contributed by atoms with Crippen LogP contribution in [0.25, 0.3) is 0 Å². The molecular formula is C24H28F6N2O6S. The van der Waals surface area contributed by atoms with Gasteiger partial charge in [0.2, 0.25) is 0 Å². The molecule has 2 atom stereocenters. The van der Waals surface area contributed by atoms with E-state index in [4.69, 9.17) is 29.3 Å². The Morgan fingerprint density at radius 3 is 2.31 bits per heavy atom. The topological polar surface area (TPSA) is 109 Å². The van der Waals surface area contributed by atoms with Crippen molar-refractivity contribution in [1.82, 2.24) is 9.88 Å². The van der Waals surface area contributed by atoms with Crippen LogP contribution in [0.5, 0.6) is 0 Å². The molecule has 0 unspecified atom stereocenters. The molecule has 1 aliphatic carbocycles. The number of pyridine rings is 1. The predicted octanol–water partition coefficient (Wildman–Crippen LogP) is 5.00. The van der Waals surface area contributed by atoms with E-state index in [2.05, 4.69) is 27.4 Å². The highest BCUT2D eigenvalue weighted by Gasteiger charge is 2.47. The minimum absolute atomic E-state index is 0.0143. The molecule has 1 saturated heterocycles. The minimum Gasteiger partial charge on any atom is -0.475 e. The van der Waals surface area contributed by atoms with E-state index in [1.165, 1.54) is 17.7 Å². The van der Waals surface area contributed by atoms with Gasteiger partial charge in [0.1, 0.15) is 0 Å². The Labute approximate surface area is 224 Å². The average molecular weight is 587 g/mol. The Balaban J connectivity index is 0.000000317. The summed E-state index contributed by atoms with van der Waals surface area (Å²) in [6.45, 7) is 5.30. The predicted molar refractivity (Wildman–Crippen MR) is 127 cm³/mol. The number of ether oxygens (including phenoxy) is 2. The van der Waals surface area contributed by atoms with Crippen LogP contribution in [-0.2, 0) is 32.2 Å². The number of thiophene rings is 1. The monoisotopic (exact) mass is 586 g/mol. The highest BCUT2D eigenvalue weighted by Crippen LogP contribution is 2.41. The molecule has 0 bridgehead atoms. The lowest BCUT2D eigenvalue weighted by Crippen LogP contribution is -2.54. The van der Waals surface area contributed by atoms with E-state index >= 15 is 0 Å². The van der Waals surface area contributed by atoms with E-state index in [9.17, 15) is 26.3 Å². The lowest BCUT2D eigenvalue weighted by molar-refractivity contribution is -0.193. The van der Waals surface area contributed by atoms with Gasteiger partial charge < -0.3 is 19.7 Å². The maximum Gasteiger partial charge on any atom is 0.490 e. The summed E-state index contributed by atoms with van der Waals surface area (Å²) in [6, 6.07) is 10.3. The summed E-state index contributed by atoms with van der Waals surface area (Å²) in [6.07, 6.45) is -4.74. The summed E-state index contributed by atoms with van der Waals surface area (Å²) < 4.78 is 75.8. The number of carboxylic acids is 2. The van der Waals surface area contributed by atoms with E-state index < -0.39 is 24.3 Å². The molecule has 8 nitrogen and oxygen atoms in total. The fourth-order valence-electron chi connectivity index (χ4n) is 4.18. The number of carboxylic acid groups (broad SMARTS) is 2. The van der Waals surface area contributed by atoms with Gasteiger partial charge in [0.25, 0.3) is 0 Å². The van der Waals surface area contributed by atoms with Crippen LogP contribution in [0.15, 0.2) is 41.9 Å². The Morgan fingerprint density at radius 1 is 1.10 bits per heavy atom. The molecule has 2 aliphatic rings. The highest BCUT2D eigenvalue weighted by molar-refractivity contribution is 7.09. The fraction of sp³-hybridized carbons (Fsp3) is 0.542. The van der Waals surface area contributed by atoms with Crippen molar-refractivity contribution in [1.29, 1.82) is 0 Å². The Morgan fingerprint density at radius 2 is 1.77 bits per heavy atom. The summed E-state index contributed by atoms with van der Waals surface area (Å²) in [5.41, 5.74) is 0.984. The Bertz CT molecular complexity index is 998. The normalized spacial score (nSPS) is 21.4. The number of rotatable bonds is 6. The van der Waals surface area contributed by atoms with Gasteiger partial charge in [0, 0.05) is 36.6 Å². The molecule has 2 aromatic heterocycles. The summed E-state index contributed by atoms with van der Waals surface area (Å²) in [5, 5.41) is 16.4. The minimum atomic E-state index is -5.08. The molecule has 1 spiro atoms. The maximum absolute atomic E-state index is 10.6. The Kier molecular flexibility index (Phi) is 12.1. The highest BCUT2D eigenvalue weighted by atomic mass is 32.1. The number of morpholine rings is 1. The molecule has 4 rings (SSSR count). The fourth-order valence-corrected chi connectivity index (χ4v) is 4.92. The summed E-state index contributed by atoms with van der Waals surface area (Å²) >= 11 is 1.85. The number of nitrogens with zero attached hydrogens (tertiary/aromatic N) is 2. The van der Waals surface area contributed by atoms with Crippen molar-refractivity contribution in [3.05, 3.63) is 52.5 Å². The molecule has 3 heterocycles. The smallest absolute Gasteiger partial charge is 0.475 e. The zero-order valence-corrected chi connectivity index (χ0v) is 21.4. The second-order valence-corrected chi connectivity index (χ2v) is 9.77. The van der Waals surface area contributed by atoms with Gasteiger partial charge in [0.05, 0.1) is 31.1 Å². The van der Waals surface area contributed by atoms with Crippen LogP contribution in [0.4, 0.5) is 26.3 Å². The molecule has 2 fully saturated rings.